The molecule has 1 aliphatic heterocycles. The Bertz CT molecular complexity index is 494. The second-order valence-electron chi connectivity index (χ2n) is 6.87. The predicted molar refractivity (Wildman–Crippen MR) is 93.4 cm³/mol. The van der Waals surface area contributed by atoms with Crippen molar-refractivity contribution in [1.82, 2.24) is 4.90 Å². The molecule has 0 N–H and O–H groups in total. The van der Waals surface area contributed by atoms with Crippen molar-refractivity contribution in [2.24, 2.45) is 0 Å². The lowest BCUT2D eigenvalue weighted by Crippen LogP contribution is -2.44. The van der Waals surface area contributed by atoms with E-state index in [1.54, 1.807) is 11.1 Å². The Kier molecular flexibility index (Phi) is 5.51. The van der Waals surface area contributed by atoms with Crippen LogP contribution in [0.4, 0.5) is 0 Å². The zero-order valence-corrected chi connectivity index (χ0v) is 14.2. The van der Waals surface area contributed by atoms with Crippen LogP contribution in [0.5, 0.6) is 0 Å². The Hall–Kier alpha value is -0.790. The highest BCUT2D eigenvalue weighted by Gasteiger charge is 2.38. The lowest BCUT2D eigenvalue weighted by atomic mass is 9.65. The first kappa shape index (κ1) is 16.6. The van der Waals surface area contributed by atoms with Gasteiger partial charge in [-0.3, -0.25) is 4.90 Å². The number of nitrogens with zero attached hydrogens (tertiary/aromatic N) is 1. The van der Waals surface area contributed by atoms with Crippen LogP contribution in [-0.4, -0.2) is 24.5 Å². The third-order valence-electron chi connectivity index (χ3n) is 5.26. The molecule has 21 heavy (non-hydrogen) atoms. The zero-order chi connectivity index (χ0) is 14.0. The van der Waals surface area contributed by atoms with E-state index in [1.807, 2.05) is 0 Å². The van der Waals surface area contributed by atoms with Crippen molar-refractivity contribution in [3.05, 3.63) is 47.0 Å². The first-order valence-corrected chi connectivity index (χ1v) is 8.14. The molecule has 0 radical (unpaired) electrons. The molecular weight excluding hydrogens is 278 g/mol. The first-order chi connectivity index (χ1) is 9.70. The maximum Gasteiger partial charge on any atom is 0.0165 e. The summed E-state index contributed by atoms with van der Waals surface area (Å²) in [7, 11) is 0. The molecular formula is C19H28ClN. The van der Waals surface area contributed by atoms with Crippen molar-refractivity contribution in [1.29, 1.82) is 0 Å². The van der Waals surface area contributed by atoms with E-state index in [-0.39, 0.29) is 12.4 Å². The van der Waals surface area contributed by atoms with Crippen molar-refractivity contribution in [3.63, 3.8) is 0 Å². The van der Waals surface area contributed by atoms with Crippen LogP contribution in [0.15, 0.2) is 35.9 Å². The van der Waals surface area contributed by atoms with Crippen LogP contribution in [0, 0.1) is 0 Å². The van der Waals surface area contributed by atoms with E-state index in [0.717, 1.165) is 6.54 Å². The summed E-state index contributed by atoms with van der Waals surface area (Å²) < 4.78 is 0. The minimum Gasteiger partial charge on any atom is -0.300 e. The van der Waals surface area contributed by atoms with Crippen LogP contribution >= 0.6 is 12.4 Å². The van der Waals surface area contributed by atoms with Crippen LogP contribution < -0.4 is 0 Å². The molecule has 1 spiro atoms. The second-order valence-corrected chi connectivity index (χ2v) is 6.87. The highest BCUT2D eigenvalue weighted by molar-refractivity contribution is 5.85. The topological polar surface area (TPSA) is 3.24 Å². The van der Waals surface area contributed by atoms with Gasteiger partial charge in [-0.1, -0.05) is 35.9 Å². The Morgan fingerprint density at radius 1 is 1.14 bits per heavy atom. The molecule has 3 rings (SSSR count). The molecule has 1 aromatic carbocycles. The van der Waals surface area contributed by atoms with Crippen LogP contribution in [0.2, 0.25) is 0 Å². The predicted octanol–water partition coefficient (Wildman–Crippen LogP) is 4.74. The molecule has 0 atom stereocenters. The molecule has 1 aliphatic carbocycles. The lowest BCUT2D eigenvalue weighted by molar-refractivity contribution is 0.156. The second kappa shape index (κ2) is 6.98. The summed E-state index contributed by atoms with van der Waals surface area (Å²) in [4.78, 5) is 2.62. The van der Waals surface area contributed by atoms with E-state index < -0.39 is 0 Å². The summed E-state index contributed by atoms with van der Waals surface area (Å²) in [6.07, 6.45) is 9.14. The maximum absolute atomic E-state index is 2.62. The van der Waals surface area contributed by atoms with Crippen molar-refractivity contribution < 1.29 is 0 Å². The van der Waals surface area contributed by atoms with Gasteiger partial charge < -0.3 is 0 Å². The minimum absolute atomic E-state index is 0. The third-order valence-corrected chi connectivity index (χ3v) is 5.26. The standard InChI is InChI=1S/C19H27N.ClH/c1-16(2)9-13-20-14-11-19(12-15-20)10-5-7-17-6-3-4-8-18(17)19;/h3-4,6,8-9H,5,7,10-15H2,1-2H3;1H. The smallest absolute Gasteiger partial charge is 0.0165 e. The van der Waals surface area contributed by atoms with E-state index in [1.165, 1.54) is 50.8 Å². The Labute approximate surface area is 135 Å². The molecule has 0 amide bonds. The maximum atomic E-state index is 2.62. The molecule has 1 heterocycles. The summed E-state index contributed by atoms with van der Waals surface area (Å²) in [5, 5.41) is 0. The van der Waals surface area contributed by atoms with Crippen LogP contribution in [-0.2, 0) is 11.8 Å². The molecule has 116 valence electrons. The number of piperidine rings is 1. The fourth-order valence-corrected chi connectivity index (χ4v) is 4.00. The summed E-state index contributed by atoms with van der Waals surface area (Å²) >= 11 is 0. The third kappa shape index (κ3) is 3.52. The van der Waals surface area contributed by atoms with Crippen molar-refractivity contribution in [2.45, 2.75) is 51.4 Å². The summed E-state index contributed by atoms with van der Waals surface area (Å²) in [6.45, 7) is 8.06. The van der Waals surface area contributed by atoms with Gasteiger partial charge in [-0.25, -0.2) is 0 Å². The van der Waals surface area contributed by atoms with E-state index in [4.69, 9.17) is 0 Å². The van der Waals surface area contributed by atoms with Gasteiger partial charge in [0.1, 0.15) is 0 Å². The quantitative estimate of drug-likeness (QED) is 0.713. The van der Waals surface area contributed by atoms with E-state index >= 15 is 0 Å². The number of allylic oxidation sites excluding steroid dienone is 1. The fraction of sp³-hybridized carbons (Fsp3) is 0.579. The van der Waals surface area contributed by atoms with Gasteiger partial charge in [0.25, 0.3) is 0 Å². The van der Waals surface area contributed by atoms with Gasteiger partial charge in [0.15, 0.2) is 0 Å². The number of benzene rings is 1. The summed E-state index contributed by atoms with van der Waals surface area (Å²) in [5.41, 5.74) is 5.23. The van der Waals surface area contributed by atoms with Crippen LogP contribution in [0.3, 0.4) is 0 Å². The number of rotatable bonds is 2. The van der Waals surface area contributed by atoms with E-state index in [0.29, 0.717) is 5.41 Å². The Balaban J connectivity index is 0.00000161. The molecule has 0 bridgehead atoms. The Morgan fingerprint density at radius 2 is 1.86 bits per heavy atom. The van der Waals surface area contributed by atoms with Gasteiger partial charge in [0.2, 0.25) is 0 Å². The highest BCUT2D eigenvalue weighted by atomic mass is 35.5. The van der Waals surface area contributed by atoms with Crippen molar-refractivity contribution >= 4 is 12.4 Å². The van der Waals surface area contributed by atoms with Gasteiger partial charge in [0, 0.05) is 6.54 Å². The van der Waals surface area contributed by atoms with Gasteiger partial charge in [-0.05, 0) is 75.6 Å². The largest absolute Gasteiger partial charge is 0.300 e. The molecule has 2 aliphatic rings. The Morgan fingerprint density at radius 3 is 2.57 bits per heavy atom. The molecule has 1 nitrogen and oxygen atoms in total. The molecule has 0 aromatic heterocycles. The normalized spacial score (nSPS) is 20.5. The van der Waals surface area contributed by atoms with Crippen molar-refractivity contribution in [3.8, 4) is 0 Å². The summed E-state index contributed by atoms with van der Waals surface area (Å²) in [6, 6.07) is 9.20. The average molecular weight is 306 g/mol. The minimum atomic E-state index is 0. The average Bonchev–Trinajstić information content (AvgIpc) is 2.47. The van der Waals surface area contributed by atoms with Crippen molar-refractivity contribution in [2.75, 3.05) is 19.6 Å². The van der Waals surface area contributed by atoms with Gasteiger partial charge >= 0.3 is 0 Å². The van der Waals surface area contributed by atoms with E-state index in [2.05, 4.69) is 49.1 Å². The number of likely N-dealkylation sites (tertiary alicyclic amines) is 1. The van der Waals surface area contributed by atoms with Gasteiger partial charge in [0.05, 0.1) is 0 Å². The van der Waals surface area contributed by atoms with Gasteiger partial charge in [-0.2, -0.15) is 0 Å². The van der Waals surface area contributed by atoms with Gasteiger partial charge in [-0.15, -0.1) is 12.4 Å². The van der Waals surface area contributed by atoms with E-state index in [9.17, 15) is 0 Å². The molecule has 1 aromatic rings. The molecule has 2 heteroatoms. The molecule has 0 saturated carbocycles. The highest BCUT2D eigenvalue weighted by Crippen LogP contribution is 2.44. The SMILES string of the molecule is CC(C)=CCN1CCC2(CCCc3ccccc32)CC1.Cl. The zero-order valence-electron chi connectivity index (χ0n) is 13.4. The number of hydrogen-bond acceptors (Lipinski definition) is 1. The molecule has 0 unspecified atom stereocenters. The number of aryl methyl sites for hydroxylation is 1. The fourth-order valence-electron chi connectivity index (χ4n) is 4.00. The van der Waals surface area contributed by atoms with Crippen LogP contribution in [0.1, 0.15) is 50.7 Å². The lowest BCUT2D eigenvalue weighted by Gasteiger charge is -2.45. The first-order valence-electron chi connectivity index (χ1n) is 8.14. The monoisotopic (exact) mass is 305 g/mol. The number of halogens is 1. The molecule has 1 saturated heterocycles. The molecule has 1 fully saturated rings. The number of hydrogen-bond donors (Lipinski definition) is 0. The number of fused-ring (bicyclic) bond motifs is 2. The summed E-state index contributed by atoms with van der Waals surface area (Å²) in [5.74, 6) is 0. The van der Waals surface area contributed by atoms with Crippen LogP contribution in [0.25, 0.3) is 0 Å².